The summed E-state index contributed by atoms with van der Waals surface area (Å²) in [4.78, 5) is 22.4. The smallest absolute Gasteiger partial charge is 0.319 e. The summed E-state index contributed by atoms with van der Waals surface area (Å²) in [5.74, 6) is -0.715. The molecule has 1 aliphatic rings. The normalized spacial score (nSPS) is 15.1. The lowest BCUT2D eigenvalue weighted by Gasteiger charge is -2.26. The number of urea groups is 1. The van der Waals surface area contributed by atoms with E-state index in [0.29, 0.717) is 25.2 Å². The molecule has 1 saturated heterocycles. The average molecular weight is 399 g/mol. The van der Waals surface area contributed by atoms with Crippen molar-refractivity contribution in [3.05, 3.63) is 18.2 Å². The molecule has 0 unspecified atom stereocenters. The number of carbonyl (C=O) groups excluding carboxylic acids is 1. The molecule has 10 heteroatoms. The van der Waals surface area contributed by atoms with Crippen molar-refractivity contribution in [3.8, 4) is 5.75 Å². The number of methoxy groups -OCH3 is 1. The van der Waals surface area contributed by atoms with Crippen LogP contribution in [0.25, 0.3) is 0 Å². The fourth-order valence-corrected chi connectivity index (χ4v) is 4.52. The Balaban J connectivity index is 2.10. The number of amides is 2. The number of carboxylic acid groups (broad SMARTS) is 1. The first-order valence-corrected chi connectivity index (χ1v) is 10.2. The number of anilines is 1. The van der Waals surface area contributed by atoms with Crippen molar-refractivity contribution in [3.63, 3.8) is 0 Å². The molecule has 0 aliphatic carbocycles. The van der Waals surface area contributed by atoms with Gasteiger partial charge in [-0.3, -0.25) is 4.79 Å². The summed E-state index contributed by atoms with van der Waals surface area (Å²) in [5, 5.41) is 13.7. The van der Waals surface area contributed by atoms with Crippen LogP contribution in [0.2, 0.25) is 0 Å². The predicted octanol–water partition coefficient (Wildman–Crippen LogP) is 1.86. The first-order valence-electron chi connectivity index (χ1n) is 8.79. The number of aliphatic carboxylic acids is 1. The van der Waals surface area contributed by atoms with Gasteiger partial charge in [0.05, 0.1) is 7.11 Å². The van der Waals surface area contributed by atoms with Gasteiger partial charge in [-0.25, -0.2) is 13.2 Å². The summed E-state index contributed by atoms with van der Waals surface area (Å²) in [6, 6.07) is 3.88. The third-order valence-corrected chi connectivity index (χ3v) is 6.13. The molecule has 150 valence electrons. The van der Waals surface area contributed by atoms with E-state index in [1.807, 2.05) is 0 Å². The van der Waals surface area contributed by atoms with E-state index in [0.717, 1.165) is 19.3 Å². The van der Waals surface area contributed by atoms with Crippen molar-refractivity contribution < 1.29 is 27.9 Å². The Bertz CT molecular complexity index is 775. The van der Waals surface area contributed by atoms with E-state index in [4.69, 9.17) is 9.84 Å². The van der Waals surface area contributed by atoms with Gasteiger partial charge in [-0.15, -0.1) is 0 Å². The molecular weight excluding hydrogens is 374 g/mol. The number of hydrogen-bond donors (Lipinski definition) is 3. The van der Waals surface area contributed by atoms with Gasteiger partial charge in [0.1, 0.15) is 10.6 Å². The van der Waals surface area contributed by atoms with E-state index in [9.17, 15) is 18.0 Å². The van der Waals surface area contributed by atoms with E-state index in [2.05, 4.69) is 10.6 Å². The Morgan fingerprint density at radius 3 is 2.56 bits per heavy atom. The summed E-state index contributed by atoms with van der Waals surface area (Å²) >= 11 is 0. The van der Waals surface area contributed by atoms with Crippen LogP contribution in [0.4, 0.5) is 10.5 Å². The van der Waals surface area contributed by atoms with Gasteiger partial charge >= 0.3 is 12.0 Å². The van der Waals surface area contributed by atoms with Crippen molar-refractivity contribution in [1.29, 1.82) is 0 Å². The molecule has 27 heavy (non-hydrogen) atoms. The van der Waals surface area contributed by atoms with Gasteiger partial charge in [0, 0.05) is 31.7 Å². The Morgan fingerprint density at radius 1 is 1.22 bits per heavy atom. The minimum Gasteiger partial charge on any atom is -0.495 e. The van der Waals surface area contributed by atoms with Crippen molar-refractivity contribution >= 4 is 27.7 Å². The molecule has 1 fully saturated rings. The van der Waals surface area contributed by atoms with E-state index >= 15 is 0 Å². The molecule has 1 aliphatic heterocycles. The van der Waals surface area contributed by atoms with Crippen LogP contribution in [0.15, 0.2) is 23.1 Å². The fourth-order valence-electron chi connectivity index (χ4n) is 2.82. The van der Waals surface area contributed by atoms with Gasteiger partial charge in [0.25, 0.3) is 0 Å². The van der Waals surface area contributed by atoms with Crippen molar-refractivity contribution in [2.75, 3.05) is 32.1 Å². The quantitative estimate of drug-likeness (QED) is 0.573. The van der Waals surface area contributed by atoms with Gasteiger partial charge in [0.2, 0.25) is 10.0 Å². The third-order valence-electron chi connectivity index (χ3n) is 4.21. The molecule has 0 saturated carbocycles. The molecule has 1 aromatic carbocycles. The summed E-state index contributed by atoms with van der Waals surface area (Å²) in [5.41, 5.74) is 0.308. The summed E-state index contributed by atoms with van der Waals surface area (Å²) in [6.45, 7) is 1.13. The number of piperidine rings is 1. The second-order valence-corrected chi connectivity index (χ2v) is 8.11. The van der Waals surface area contributed by atoms with Crippen LogP contribution >= 0.6 is 0 Å². The molecular formula is C17H25N3O6S. The minimum atomic E-state index is -3.72. The van der Waals surface area contributed by atoms with E-state index in [-0.39, 0.29) is 23.6 Å². The Labute approximate surface area is 158 Å². The highest BCUT2D eigenvalue weighted by atomic mass is 32.2. The topological polar surface area (TPSA) is 125 Å². The highest BCUT2D eigenvalue weighted by Gasteiger charge is 2.29. The van der Waals surface area contributed by atoms with Crippen molar-refractivity contribution in [2.45, 2.75) is 37.0 Å². The Kier molecular flexibility index (Phi) is 7.43. The van der Waals surface area contributed by atoms with Crippen molar-refractivity contribution in [1.82, 2.24) is 9.62 Å². The van der Waals surface area contributed by atoms with Crippen LogP contribution in [-0.4, -0.2) is 56.6 Å². The number of ether oxygens (including phenoxy) is 1. The lowest BCUT2D eigenvalue weighted by molar-refractivity contribution is -0.137. The van der Waals surface area contributed by atoms with Gasteiger partial charge in [-0.1, -0.05) is 6.42 Å². The van der Waals surface area contributed by atoms with Crippen LogP contribution in [0.1, 0.15) is 32.1 Å². The monoisotopic (exact) mass is 399 g/mol. The number of rotatable bonds is 8. The molecule has 0 aromatic heterocycles. The maximum atomic E-state index is 12.9. The van der Waals surface area contributed by atoms with Crippen LogP contribution in [0.5, 0.6) is 5.75 Å². The molecule has 0 radical (unpaired) electrons. The molecule has 2 amide bonds. The first kappa shape index (κ1) is 21.0. The highest BCUT2D eigenvalue weighted by Crippen LogP contribution is 2.31. The molecule has 9 nitrogen and oxygen atoms in total. The Hall–Kier alpha value is -2.33. The maximum Gasteiger partial charge on any atom is 0.319 e. The zero-order valence-corrected chi connectivity index (χ0v) is 16.0. The lowest BCUT2D eigenvalue weighted by atomic mass is 10.2. The third kappa shape index (κ3) is 5.83. The Morgan fingerprint density at radius 2 is 1.93 bits per heavy atom. The van der Waals surface area contributed by atoms with Crippen LogP contribution in [0, 0.1) is 0 Å². The molecule has 3 N–H and O–H groups in total. The SMILES string of the molecule is COc1ccc(NC(=O)NCCCC(=O)O)cc1S(=O)(=O)N1CCCCC1. The van der Waals surface area contributed by atoms with Crippen molar-refractivity contribution in [2.24, 2.45) is 0 Å². The molecule has 0 spiro atoms. The zero-order valence-electron chi connectivity index (χ0n) is 15.2. The average Bonchev–Trinajstić information content (AvgIpc) is 2.65. The zero-order chi connectivity index (χ0) is 19.9. The van der Waals surface area contributed by atoms with Crippen LogP contribution < -0.4 is 15.4 Å². The molecule has 1 aromatic rings. The lowest BCUT2D eigenvalue weighted by Crippen LogP contribution is -2.36. The largest absolute Gasteiger partial charge is 0.495 e. The first-order chi connectivity index (χ1) is 12.8. The minimum absolute atomic E-state index is 0.00979. The maximum absolute atomic E-state index is 12.9. The molecule has 0 atom stereocenters. The van der Waals surface area contributed by atoms with Gasteiger partial charge < -0.3 is 20.5 Å². The highest BCUT2D eigenvalue weighted by molar-refractivity contribution is 7.89. The number of nitrogens with one attached hydrogen (secondary N) is 2. The van der Waals surface area contributed by atoms with Crippen LogP contribution in [0.3, 0.4) is 0 Å². The predicted molar refractivity (Wildman–Crippen MR) is 99.5 cm³/mol. The van der Waals surface area contributed by atoms with E-state index < -0.39 is 22.0 Å². The van der Waals surface area contributed by atoms with Gasteiger partial charge in [0.15, 0.2) is 0 Å². The number of hydrogen-bond acceptors (Lipinski definition) is 5. The number of benzene rings is 1. The van der Waals surface area contributed by atoms with Gasteiger partial charge in [-0.05, 0) is 37.5 Å². The molecule has 2 rings (SSSR count). The summed E-state index contributed by atoms with van der Waals surface area (Å²) in [7, 11) is -2.33. The summed E-state index contributed by atoms with van der Waals surface area (Å²) in [6.07, 6.45) is 2.91. The standard InChI is InChI=1S/C17H25N3O6S/c1-26-14-8-7-13(19-17(23)18-9-5-6-16(21)22)12-15(14)27(24,25)20-10-3-2-4-11-20/h7-8,12H,2-6,9-11H2,1H3,(H,21,22)(H2,18,19,23). The van der Waals surface area contributed by atoms with E-state index in [1.165, 1.54) is 23.5 Å². The van der Waals surface area contributed by atoms with Crippen LogP contribution in [-0.2, 0) is 14.8 Å². The number of sulfonamides is 1. The van der Waals surface area contributed by atoms with Gasteiger partial charge in [-0.2, -0.15) is 4.31 Å². The summed E-state index contributed by atoms with van der Waals surface area (Å²) < 4.78 is 32.5. The number of nitrogens with zero attached hydrogens (tertiary/aromatic N) is 1. The molecule has 1 heterocycles. The number of carboxylic acids is 1. The molecule has 0 bridgehead atoms. The van der Waals surface area contributed by atoms with E-state index in [1.54, 1.807) is 6.07 Å². The second-order valence-electron chi connectivity index (χ2n) is 6.21. The number of carbonyl (C=O) groups is 2. The second kappa shape index (κ2) is 9.56. The fraction of sp³-hybridized carbons (Fsp3) is 0.529.